The molecule has 0 aliphatic rings. The number of carbonyl (C=O) groups is 2. The van der Waals surface area contributed by atoms with Crippen molar-refractivity contribution in [3.8, 4) is 11.5 Å². The molecule has 1 N–H and O–H groups in total. The molecule has 0 atom stereocenters. The molecule has 1 amide bonds. The van der Waals surface area contributed by atoms with E-state index in [0.717, 1.165) is 11.6 Å². The largest absolute Gasteiger partial charge is 0.487 e. The Bertz CT molecular complexity index is 920. The number of ether oxygens (including phenoxy) is 3. The topological polar surface area (TPSA) is 117 Å². The van der Waals surface area contributed by atoms with Crippen molar-refractivity contribution in [2.45, 2.75) is 20.0 Å². The zero-order valence-electron chi connectivity index (χ0n) is 16.5. The quantitative estimate of drug-likeness (QED) is 0.325. The van der Waals surface area contributed by atoms with Gasteiger partial charge in [0.2, 0.25) is 0 Å². The molecule has 0 spiro atoms. The van der Waals surface area contributed by atoms with Gasteiger partial charge < -0.3 is 19.5 Å². The SMILES string of the molecule is CCOc1ccc(C(=O)OCC(=O)NCCc2ccc(OC(F)F)cc2)cc1[N+](=O)[O-]. The number of nitro benzene ring substituents is 1. The van der Waals surface area contributed by atoms with Crippen LogP contribution in [-0.4, -0.2) is 43.2 Å². The van der Waals surface area contributed by atoms with Gasteiger partial charge in [-0.3, -0.25) is 14.9 Å². The first-order valence-electron chi connectivity index (χ1n) is 9.19. The normalized spacial score (nSPS) is 10.5. The van der Waals surface area contributed by atoms with Crippen LogP contribution in [0.2, 0.25) is 0 Å². The molecule has 0 aromatic heterocycles. The number of nitrogens with zero attached hydrogens (tertiary/aromatic N) is 1. The molecule has 0 unspecified atom stereocenters. The Morgan fingerprint density at radius 3 is 2.48 bits per heavy atom. The summed E-state index contributed by atoms with van der Waals surface area (Å²) < 4.78 is 38.5. The first kappa shape index (κ1) is 23.5. The molecule has 0 fully saturated rings. The third-order valence-electron chi connectivity index (χ3n) is 3.91. The van der Waals surface area contributed by atoms with Crippen molar-refractivity contribution in [3.05, 3.63) is 63.7 Å². The minimum Gasteiger partial charge on any atom is -0.487 e. The lowest BCUT2D eigenvalue weighted by molar-refractivity contribution is -0.385. The number of esters is 1. The Morgan fingerprint density at radius 2 is 1.87 bits per heavy atom. The third kappa shape index (κ3) is 7.53. The van der Waals surface area contributed by atoms with Crippen LogP contribution in [0.4, 0.5) is 14.5 Å². The van der Waals surface area contributed by atoms with Gasteiger partial charge in [-0.1, -0.05) is 12.1 Å². The van der Waals surface area contributed by atoms with Gasteiger partial charge in [0.15, 0.2) is 12.4 Å². The van der Waals surface area contributed by atoms with Gasteiger partial charge >= 0.3 is 18.3 Å². The van der Waals surface area contributed by atoms with Crippen molar-refractivity contribution in [2.24, 2.45) is 0 Å². The molecular formula is C20H20F2N2O7. The van der Waals surface area contributed by atoms with Gasteiger partial charge in [-0.25, -0.2) is 4.79 Å². The zero-order valence-corrected chi connectivity index (χ0v) is 16.5. The number of amides is 1. The third-order valence-corrected chi connectivity index (χ3v) is 3.91. The van der Waals surface area contributed by atoms with Gasteiger partial charge in [0.25, 0.3) is 5.91 Å². The van der Waals surface area contributed by atoms with Gasteiger partial charge in [-0.05, 0) is 43.2 Å². The molecule has 9 nitrogen and oxygen atoms in total. The second kappa shape index (κ2) is 11.4. The fourth-order valence-corrected chi connectivity index (χ4v) is 2.51. The Balaban J connectivity index is 1.80. The first-order chi connectivity index (χ1) is 14.8. The average molecular weight is 438 g/mol. The van der Waals surface area contributed by atoms with Crippen LogP contribution in [0.15, 0.2) is 42.5 Å². The van der Waals surface area contributed by atoms with Crippen LogP contribution in [0.3, 0.4) is 0 Å². The molecule has 0 heterocycles. The van der Waals surface area contributed by atoms with Crippen LogP contribution >= 0.6 is 0 Å². The smallest absolute Gasteiger partial charge is 0.387 e. The number of hydrogen-bond donors (Lipinski definition) is 1. The zero-order chi connectivity index (χ0) is 22.8. The summed E-state index contributed by atoms with van der Waals surface area (Å²) >= 11 is 0. The van der Waals surface area contributed by atoms with Crippen molar-refractivity contribution >= 4 is 17.6 Å². The van der Waals surface area contributed by atoms with E-state index < -0.39 is 30.0 Å². The molecule has 0 aliphatic carbocycles. The van der Waals surface area contributed by atoms with Gasteiger partial charge in [0.1, 0.15) is 5.75 Å². The van der Waals surface area contributed by atoms with Crippen molar-refractivity contribution in [1.82, 2.24) is 5.32 Å². The monoisotopic (exact) mass is 438 g/mol. The molecule has 166 valence electrons. The van der Waals surface area contributed by atoms with Crippen LogP contribution in [0.25, 0.3) is 0 Å². The summed E-state index contributed by atoms with van der Waals surface area (Å²) in [6, 6.07) is 9.57. The Hall–Kier alpha value is -3.76. The second-order valence-corrected chi connectivity index (χ2v) is 6.07. The lowest BCUT2D eigenvalue weighted by atomic mass is 10.1. The van der Waals surface area contributed by atoms with Crippen molar-refractivity contribution in [3.63, 3.8) is 0 Å². The van der Waals surface area contributed by atoms with Crippen molar-refractivity contribution < 1.29 is 37.5 Å². The maximum atomic E-state index is 12.1. The minimum atomic E-state index is -2.90. The van der Waals surface area contributed by atoms with Gasteiger partial charge in [0.05, 0.1) is 17.1 Å². The van der Waals surface area contributed by atoms with E-state index in [2.05, 4.69) is 10.1 Å². The van der Waals surface area contributed by atoms with E-state index in [1.807, 2.05) is 0 Å². The lowest BCUT2D eigenvalue weighted by Gasteiger charge is -2.09. The average Bonchev–Trinajstić information content (AvgIpc) is 2.73. The van der Waals surface area contributed by atoms with Crippen LogP contribution in [-0.2, 0) is 16.0 Å². The summed E-state index contributed by atoms with van der Waals surface area (Å²) in [5.41, 5.74) is 0.306. The van der Waals surface area contributed by atoms with E-state index in [0.29, 0.717) is 6.42 Å². The number of nitrogens with one attached hydrogen (secondary N) is 1. The van der Waals surface area contributed by atoms with Crippen LogP contribution in [0, 0.1) is 10.1 Å². The molecule has 0 aliphatic heterocycles. The van der Waals surface area contributed by atoms with Crippen LogP contribution in [0.5, 0.6) is 11.5 Å². The van der Waals surface area contributed by atoms with E-state index in [1.165, 1.54) is 24.3 Å². The summed E-state index contributed by atoms with van der Waals surface area (Å²) in [6.45, 7) is -1.36. The number of alkyl halides is 2. The molecular weight excluding hydrogens is 418 g/mol. The molecule has 0 saturated carbocycles. The predicted molar refractivity (Wildman–Crippen MR) is 104 cm³/mol. The first-order valence-corrected chi connectivity index (χ1v) is 9.19. The Labute approximate surface area is 176 Å². The highest BCUT2D eigenvalue weighted by atomic mass is 19.3. The van der Waals surface area contributed by atoms with Crippen LogP contribution in [0.1, 0.15) is 22.8 Å². The van der Waals surface area contributed by atoms with Crippen LogP contribution < -0.4 is 14.8 Å². The molecule has 2 aromatic rings. The maximum absolute atomic E-state index is 12.1. The summed E-state index contributed by atoms with van der Waals surface area (Å²) in [5, 5.41) is 13.7. The molecule has 0 bridgehead atoms. The predicted octanol–water partition coefficient (Wildman–Crippen LogP) is 3.11. The molecule has 0 radical (unpaired) electrons. The fraction of sp³-hybridized carbons (Fsp3) is 0.300. The summed E-state index contributed by atoms with van der Waals surface area (Å²) in [7, 11) is 0. The maximum Gasteiger partial charge on any atom is 0.387 e. The lowest BCUT2D eigenvalue weighted by Crippen LogP contribution is -2.30. The fourth-order valence-electron chi connectivity index (χ4n) is 2.51. The molecule has 2 rings (SSSR count). The second-order valence-electron chi connectivity index (χ2n) is 6.07. The highest BCUT2D eigenvalue weighted by Gasteiger charge is 2.20. The van der Waals surface area contributed by atoms with E-state index in [9.17, 15) is 28.5 Å². The highest BCUT2D eigenvalue weighted by molar-refractivity contribution is 5.92. The van der Waals surface area contributed by atoms with Gasteiger partial charge in [-0.2, -0.15) is 8.78 Å². The summed E-state index contributed by atoms with van der Waals surface area (Å²) in [5.74, 6) is -1.40. The molecule has 2 aromatic carbocycles. The number of carbonyl (C=O) groups excluding carboxylic acids is 2. The molecule has 11 heteroatoms. The molecule has 31 heavy (non-hydrogen) atoms. The van der Waals surface area contributed by atoms with E-state index in [4.69, 9.17) is 9.47 Å². The number of benzene rings is 2. The minimum absolute atomic E-state index is 0.0237. The van der Waals surface area contributed by atoms with E-state index >= 15 is 0 Å². The number of nitro groups is 1. The highest BCUT2D eigenvalue weighted by Crippen LogP contribution is 2.28. The van der Waals surface area contributed by atoms with Gasteiger partial charge in [0, 0.05) is 12.6 Å². The number of rotatable bonds is 11. The van der Waals surface area contributed by atoms with E-state index in [1.54, 1.807) is 19.1 Å². The summed E-state index contributed by atoms with van der Waals surface area (Å²) in [6.07, 6.45) is 0.416. The number of halogens is 2. The van der Waals surface area contributed by atoms with Gasteiger partial charge in [-0.15, -0.1) is 0 Å². The number of hydrogen-bond acceptors (Lipinski definition) is 7. The Kier molecular flexibility index (Phi) is 8.67. The van der Waals surface area contributed by atoms with E-state index in [-0.39, 0.29) is 35.9 Å². The molecule has 0 saturated heterocycles. The van der Waals surface area contributed by atoms with Crippen molar-refractivity contribution in [1.29, 1.82) is 0 Å². The standard InChI is InChI=1S/C20H20F2N2O7/c1-2-29-17-8-5-14(11-16(17)24(27)28)19(26)30-12-18(25)23-10-9-13-3-6-15(7-4-13)31-20(21)22/h3-8,11,20H,2,9-10,12H2,1H3,(H,23,25). The van der Waals surface area contributed by atoms with Crippen molar-refractivity contribution in [2.75, 3.05) is 19.8 Å². The Morgan fingerprint density at radius 1 is 1.16 bits per heavy atom. The summed E-state index contributed by atoms with van der Waals surface area (Å²) in [4.78, 5) is 34.3.